The molecule has 2 aliphatic heterocycles. The number of carboxylic acid groups (broad SMARTS) is 2. The molecule has 1 aromatic carbocycles. The van der Waals surface area contributed by atoms with Gasteiger partial charge in [-0.15, -0.1) is 0 Å². The first kappa shape index (κ1) is 23.2. The normalized spacial score (nSPS) is 33.5. The van der Waals surface area contributed by atoms with E-state index in [1.165, 1.54) is 12.1 Å². The van der Waals surface area contributed by atoms with Gasteiger partial charge in [0, 0.05) is 19.1 Å². The van der Waals surface area contributed by atoms with E-state index in [2.05, 4.69) is 10.0 Å². The van der Waals surface area contributed by atoms with Gasteiger partial charge in [0.1, 0.15) is 12.1 Å². The number of carbonyl (C=O) groups is 2. The molecule has 1 saturated carbocycles. The van der Waals surface area contributed by atoms with Crippen molar-refractivity contribution in [1.29, 1.82) is 0 Å². The number of rotatable bonds is 7. The van der Waals surface area contributed by atoms with Crippen molar-refractivity contribution in [3.8, 4) is 0 Å². The SMILES string of the molecule is O=C(O)C1CC2CC(CN3CC(NS(=O)(=O)c4ccccc4)CC3C(=O)O)CCC2CN1. The largest absolute Gasteiger partial charge is 0.480 e. The first-order valence-electron chi connectivity index (χ1n) is 11.2. The topological polar surface area (TPSA) is 136 Å². The Labute approximate surface area is 188 Å². The number of likely N-dealkylation sites (tertiary alicyclic amines) is 1. The molecule has 4 rings (SSSR count). The zero-order chi connectivity index (χ0) is 22.9. The van der Waals surface area contributed by atoms with Crippen molar-refractivity contribution < 1.29 is 28.2 Å². The van der Waals surface area contributed by atoms with Crippen LogP contribution >= 0.6 is 0 Å². The summed E-state index contributed by atoms with van der Waals surface area (Å²) in [6.07, 6.45) is 3.71. The minimum absolute atomic E-state index is 0.169. The van der Waals surface area contributed by atoms with E-state index in [9.17, 15) is 28.2 Å². The summed E-state index contributed by atoms with van der Waals surface area (Å²) in [6, 6.07) is 6.39. The second kappa shape index (κ2) is 9.46. The molecule has 0 amide bonds. The van der Waals surface area contributed by atoms with Gasteiger partial charge in [-0.1, -0.05) is 18.2 Å². The number of benzene rings is 1. The summed E-state index contributed by atoms with van der Waals surface area (Å²) in [5, 5.41) is 22.2. The van der Waals surface area contributed by atoms with Crippen LogP contribution in [0.3, 0.4) is 0 Å². The zero-order valence-electron chi connectivity index (χ0n) is 17.9. The molecule has 1 aromatic rings. The number of sulfonamides is 1. The van der Waals surface area contributed by atoms with Crippen LogP contribution in [-0.4, -0.2) is 73.2 Å². The number of carboxylic acids is 2. The summed E-state index contributed by atoms with van der Waals surface area (Å²) in [5.74, 6) is -0.664. The molecule has 3 fully saturated rings. The Bertz CT molecular complexity index is 940. The molecule has 6 unspecified atom stereocenters. The van der Waals surface area contributed by atoms with Crippen LogP contribution in [0.25, 0.3) is 0 Å². The lowest BCUT2D eigenvalue weighted by atomic mass is 9.69. The van der Waals surface area contributed by atoms with Crippen LogP contribution in [0.15, 0.2) is 35.2 Å². The minimum Gasteiger partial charge on any atom is -0.480 e. The Morgan fingerprint density at radius 2 is 1.78 bits per heavy atom. The fourth-order valence-corrected chi connectivity index (χ4v) is 6.94. The maximum Gasteiger partial charge on any atom is 0.320 e. The second-order valence-electron chi connectivity index (χ2n) is 9.41. The standard InChI is InChI=1S/C22H31N3O6S/c26-21(27)19-9-16-8-14(6-7-15(16)11-23-19)12-25-13-17(10-20(25)22(28)29)24-32(30,31)18-4-2-1-3-5-18/h1-5,14-17,19-20,23-24H,6-13H2,(H,26,27)(H,28,29). The van der Waals surface area contributed by atoms with Crippen molar-refractivity contribution in [2.75, 3.05) is 19.6 Å². The first-order valence-corrected chi connectivity index (χ1v) is 12.7. The van der Waals surface area contributed by atoms with Gasteiger partial charge in [-0.3, -0.25) is 14.5 Å². The number of piperidine rings is 1. The average Bonchev–Trinajstić information content (AvgIpc) is 3.15. The van der Waals surface area contributed by atoms with Crippen molar-refractivity contribution in [3.05, 3.63) is 30.3 Å². The van der Waals surface area contributed by atoms with Gasteiger partial charge >= 0.3 is 11.9 Å². The number of nitrogens with one attached hydrogen (secondary N) is 2. The van der Waals surface area contributed by atoms with E-state index in [0.29, 0.717) is 31.3 Å². The van der Waals surface area contributed by atoms with Crippen LogP contribution in [0.5, 0.6) is 0 Å². The lowest BCUT2D eigenvalue weighted by Crippen LogP contribution is -2.50. The molecule has 10 heteroatoms. The molecule has 6 atom stereocenters. The predicted molar refractivity (Wildman–Crippen MR) is 117 cm³/mol. The summed E-state index contributed by atoms with van der Waals surface area (Å²) in [5.41, 5.74) is 0. The predicted octanol–water partition coefficient (Wildman–Crippen LogP) is 0.971. The lowest BCUT2D eigenvalue weighted by Gasteiger charge is -2.42. The van der Waals surface area contributed by atoms with Crippen LogP contribution in [0.4, 0.5) is 0 Å². The van der Waals surface area contributed by atoms with Gasteiger partial charge in [0.2, 0.25) is 10.0 Å². The lowest BCUT2D eigenvalue weighted by molar-refractivity contribution is -0.143. The van der Waals surface area contributed by atoms with Crippen molar-refractivity contribution in [1.82, 2.24) is 14.9 Å². The molecule has 176 valence electrons. The molecule has 2 heterocycles. The third kappa shape index (κ3) is 5.14. The molecule has 0 aromatic heterocycles. The summed E-state index contributed by atoms with van der Waals surface area (Å²) >= 11 is 0. The Morgan fingerprint density at radius 3 is 2.47 bits per heavy atom. The summed E-state index contributed by atoms with van der Waals surface area (Å²) in [4.78, 5) is 25.3. The number of hydrogen-bond acceptors (Lipinski definition) is 6. The van der Waals surface area contributed by atoms with Gasteiger partial charge < -0.3 is 15.5 Å². The van der Waals surface area contributed by atoms with Gasteiger partial charge in [-0.05, 0) is 68.5 Å². The maximum atomic E-state index is 12.7. The first-order chi connectivity index (χ1) is 15.2. The Hall–Kier alpha value is -2.01. The Balaban J connectivity index is 1.38. The van der Waals surface area contributed by atoms with Crippen LogP contribution in [0.2, 0.25) is 0 Å². The fraction of sp³-hybridized carbons (Fsp3) is 0.636. The minimum atomic E-state index is -3.71. The van der Waals surface area contributed by atoms with Crippen molar-refractivity contribution >= 4 is 22.0 Å². The molecule has 0 spiro atoms. The highest BCUT2D eigenvalue weighted by Crippen LogP contribution is 2.39. The third-order valence-corrected chi connectivity index (χ3v) is 8.80. The number of nitrogens with zero attached hydrogens (tertiary/aromatic N) is 1. The molecule has 0 radical (unpaired) electrons. The number of fused-ring (bicyclic) bond motifs is 1. The van der Waals surface area contributed by atoms with Gasteiger partial charge in [0.15, 0.2) is 0 Å². The number of hydrogen-bond donors (Lipinski definition) is 4. The second-order valence-corrected chi connectivity index (χ2v) is 11.1. The van der Waals surface area contributed by atoms with E-state index in [0.717, 1.165) is 25.8 Å². The van der Waals surface area contributed by atoms with E-state index < -0.39 is 40.1 Å². The zero-order valence-corrected chi connectivity index (χ0v) is 18.7. The highest BCUT2D eigenvalue weighted by Gasteiger charge is 2.42. The van der Waals surface area contributed by atoms with Crippen molar-refractivity contribution in [2.45, 2.75) is 55.1 Å². The van der Waals surface area contributed by atoms with Crippen molar-refractivity contribution in [3.63, 3.8) is 0 Å². The quantitative estimate of drug-likeness (QED) is 0.468. The maximum absolute atomic E-state index is 12.7. The smallest absolute Gasteiger partial charge is 0.320 e. The van der Waals surface area contributed by atoms with E-state index in [1.807, 2.05) is 4.90 Å². The van der Waals surface area contributed by atoms with Crippen LogP contribution < -0.4 is 10.0 Å². The van der Waals surface area contributed by atoms with Gasteiger partial charge in [0.05, 0.1) is 4.90 Å². The van der Waals surface area contributed by atoms with E-state index in [4.69, 9.17) is 0 Å². The van der Waals surface area contributed by atoms with E-state index >= 15 is 0 Å². The molecule has 0 bridgehead atoms. The molecular weight excluding hydrogens is 434 g/mol. The summed E-state index contributed by atoms with van der Waals surface area (Å²) in [7, 11) is -3.71. The third-order valence-electron chi connectivity index (χ3n) is 7.27. The Kier molecular flexibility index (Phi) is 6.85. The number of aliphatic carboxylic acids is 2. The van der Waals surface area contributed by atoms with Crippen LogP contribution in [0, 0.1) is 17.8 Å². The Morgan fingerprint density at radius 1 is 1.03 bits per heavy atom. The molecule has 2 saturated heterocycles. The average molecular weight is 466 g/mol. The van der Waals surface area contributed by atoms with Gasteiger partial charge in [-0.25, -0.2) is 13.1 Å². The summed E-state index contributed by atoms with van der Waals surface area (Å²) in [6.45, 7) is 1.67. The molecular formula is C22H31N3O6S. The highest BCUT2D eigenvalue weighted by atomic mass is 32.2. The van der Waals surface area contributed by atoms with E-state index in [-0.39, 0.29) is 17.2 Å². The van der Waals surface area contributed by atoms with Crippen LogP contribution in [-0.2, 0) is 19.6 Å². The highest BCUT2D eigenvalue weighted by molar-refractivity contribution is 7.89. The molecule has 4 N–H and O–H groups in total. The molecule has 1 aliphatic carbocycles. The fourth-order valence-electron chi connectivity index (χ4n) is 5.68. The summed E-state index contributed by atoms with van der Waals surface area (Å²) < 4.78 is 28.0. The molecule has 9 nitrogen and oxygen atoms in total. The molecule has 3 aliphatic rings. The van der Waals surface area contributed by atoms with Crippen molar-refractivity contribution in [2.24, 2.45) is 17.8 Å². The van der Waals surface area contributed by atoms with Crippen LogP contribution in [0.1, 0.15) is 32.1 Å². The monoisotopic (exact) mass is 465 g/mol. The molecule has 32 heavy (non-hydrogen) atoms. The van der Waals surface area contributed by atoms with E-state index in [1.54, 1.807) is 18.2 Å². The van der Waals surface area contributed by atoms with Gasteiger partial charge in [0.25, 0.3) is 0 Å². The van der Waals surface area contributed by atoms with Gasteiger partial charge in [-0.2, -0.15) is 0 Å².